The molecule has 1 atom stereocenters. The lowest BCUT2D eigenvalue weighted by Crippen LogP contribution is -1.96. The van der Waals surface area contributed by atoms with E-state index >= 15 is 0 Å². The van der Waals surface area contributed by atoms with Gasteiger partial charge in [0, 0.05) is 11.5 Å². The van der Waals surface area contributed by atoms with Crippen LogP contribution < -0.4 is 0 Å². The molecule has 84 valence electrons. The number of alkyl halides is 1. The zero-order valence-corrected chi connectivity index (χ0v) is 9.58. The van der Waals surface area contributed by atoms with Crippen molar-refractivity contribution in [3.8, 4) is 0 Å². The van der Waals surface area contributed by atoms with Gasteiger partial charge in [-0.15, -0.1) is 5.10 Å². The van der Waals surface area contributed by atoms with Crippen molar-refractivity contribution in [3.05, 3.63) is 28.7 Å². The highest BCUT2D eigenvalue weighted by atomic mass is 35.5. The van der Waals surface area contributed by atoms with E-state index in [9.17, 15) is 4.39 Å². The molecule has 2 aromatic rings. The molecule has 1 saturated carbocycles. The molecule has 0 saturated heterocycles. The Morgan fingerprint density at radius 1 is 1.50 bits per heavy atom. The van der Waals surface area contributed by atoms with Gasteiger partial charge in [-0.2, -0.15) is 0 Å². The Balaban J connectivity index is 2.18. The zero-order valence-electron chi connectivity index (χ0n) is 8.82. The fourth-order valence-corrected chi connectivity index (χ4v) is 2.10. The minimum absolute atomic E-state index is 0.326. The van der Waals surface area contributed by atoms with Gasteiger partial charge in [-0.05, 0) is 31.9 Å². The van der Waals surface area contributed by atoms with Gasteiger partial charge < -0.3 is 0 Å². The Hall–Kier alpha value is -1.16. The first-order valence-electron chi connectivity index (χ1n) is 5.36. The topological polar surface area (TPSA) is 30.2 Å². The highest BCUT2D eigenvalue weighted by Gasteiger charge is 2.28. The maximum atomic E-state index is 13.3. The zero-order chi connectivity index (χ0) is 11.3. The Morgan fingerprint density at radius 2 is 2.25 bits per heavy atom. The first-order chi connectivity index (χ1) is 7.66. The minimum Gasteiger partial charge on any atom is -0.242 e. The molecule has 0 aliphatic heterocycles. The molecule has 3 rings (SSSR count). The fourth-order valence-electron chi connectivity index (χ4n) is 1.76. The molecule has 0 bridgehead atoms. The first-order valence-corrected chi connectivity index (χ1v) is 5.74. The Bertz CT molecular complexity index is 545. The highest BCUT2D eigenvalue weighted by molar-refractivity contribution is 6.30. The van der Waals surface area contributed by atoms with Crippen LogP contribution in [0.5, 0.6) is 0 Å². The van der Waals surface area contributed by atoms with E-state index < -0.39 is 6.17 Å². The summed E-state index contributed by atoms with van der Waals surface area (Å²) in [6, 6.07) is 3.43. The van der Waals surface area contributed by atoms with Gasteiger partial charge in [0.15, 0.2) is 11.5 Å². The number of halogens is 2. The molecule has 1 aliphatic carbocycles. The number of hydrogen-bond donors (Lipinski definition) is 0. The van der Waals surface area contributed by atoms with E-state index in [1.165, 1.54) is 11.4 Å². The van der Waals surface area contributed by atoms with Crippen molar-refractivity contribution in [1.29, 1.82) is 0 Å². The lowest BCUT2D eigenvalue weighted by molar-refractivity contribution is 0.373. The van der Waals surface area contributed by atoms with Gasteiger partial charge in [0.25, 0.3) is 0 Å². The molecule has 1 unspecified atom stereocenters. The van der Waals surface area contributed by atoms with E-state index in [1.807, 2.05) is 0 Å². The van der Waals surface area contributed by atoms with Crippen LogP contribution in [0, 0.1) is 0 Å². The number of pyridine rings is 1. The molecule has 5 heteroatoms. The van der Waals surface area contributed by atoms with E-state index in [2.05, 4.69) is 10.1 Å². The van der Waals surface area contributed by atoms with Crippen LogP contribution in [-0.2, 0) is 0 Å². The van der Waals surface area contributed by atoms with Crippen LogP contribution in [0.2, 0.25) is 5.15 Å². The Morgan fingerprint density at radius 3 is 2.88 bits per heavy atom. The molecule has 3 nitrogen and oxygen atoms in total. The van der Waals surface area contributed by atoms with Crippen LogP contribution in [0.3, 0.4) is 0 Å². The van der Waals surface area contributed by atoms with Crippen LogP contribution in [-0.4, -0.2) is 14.6 Å². The van der Waals surface area contributed by atoms with Crippen molar-refractivity contribution in [3.63, 3.8) is 0 Å². The Kier molecular flexibility index (Phi) is 2.14. The second-order valence-corrected chi connectivity index (χ2v) is 4.57. The molecule has 1 fully saturated rings. The quantitative estimate of drug-likeness (QED) is 0.753. The normalized spacial score (nSPS) is 17.9. The number of hydrogen-bond acceptors (Lipinski definition) is 2. The SMILES string of the molecule is CC(F)c1ccc2nc(C3CC3)nn2c1Cl. The van der Waals surface area contributed by atoms with Crippen LogP contribution in [0.1, 0.15) is 43.2 Å². The van der Waals surface area contributed by atoms with Crippen LogP contribution in [0.25, 0.3) is 5.65 Å². The standard InChI is InChI=1S/C11H11ClFN3/c1-6(13)8-4-5-9-14-11(7-2-3-7)15-16(9)10(8)12/h4-7H,2-3H2,1H3. The molecule has 1 aliphatic rings. The van der Waals surface area contributed by atoms with Gasteiger partial charge in [-0.25, -0.2) is 13.9 Å². The molecule has 2 aromatic heterocycles. The third-order valence-electron chi connectivity index (χ3n) is 2.86. The third-order valence-corrected chi connectivity index (χ3v) is 3.23. The summed E-state index contributed by atoms with van der Waals surface area (Å²) in [6.07, 6.45) is 1.19. The lowest BCUT2D eigenvalue weighted by Gasteiger charge is -2.05. The molecule has 0 amide bonds. The number of nitrogens with zero attached hydrogens (tertiary/aromatic N) is 3. The summed E-state index contributed by atoms with van der Waals surface area (Å²) in [6.45, 7) is 1.46. The summed E-state index contributed by atoms with van der Waals surface area (Å²) in [4.78, 5) is 4.38. The monoisotopic (exact) mass is 239 g/mol. The first kappa shape index (κ1) is 10.0. The molecular weight excluding hydrogens is 229 g/mol. The summed E-state index contributed by atoms with van der Waals surface area (Å²) in [5.74, 6) is 1.30. The predicted molar refractivity (Wildman–Crippen MR) is 59.5 cm³/mol. The average molecular weight is 240 g/mol. The average Bonchev–Trinajstić information content (AvgIpc) is 2.99. The predicted octanol–water partition coefficient (Wildman–Crippen LogP) is 3.29. The maximum absolute atomic E-state index is 13.3. The fraction of sp³-hybridized carbons (Fsp3) is 0.455. The lowest BCUT2D eigenvalue weighted by atomic mass is 10.2. The molecule has 0 spiro atoms. The largest absolute Gasteiger partial charge is 0.242 e. The minimum atomic E-state index is -1.09. The highest BCUT2D eigenvalue weighted by Crippen LogP contribution is 2.38. The number of rotatable bonds is 2. The van der Waals surface area contributed by atoms with Gasteiger partial charge in [0.1, 0.15) is 11.3 Å². The van der Waals surface area contributed by atoms with Crippen molar-refractivity contribution in [1.82, 2.24) is 14.6 Å². The van der Waals surface area contributed by atoms with Crippen molar-refractivity contribution in [2.75, 3.05) is 0 Å². The van der Waals surface area contributed by atoms with Gasteiger partial charge in [0.2, 0.25) is 0 Å². The van der Waals surface area contributed by atoms with E-state index in [0.29, 0.717) is 22.3 Å². The number of aromatic nitrogens is 3. The van der Waals surface area contributed by atoms with Crippen molar-refractivity contribution >= 4 is 17.2 Å². The summed E-state index contributed by atoms with van der Waals surface area (Å²) >= 11 is 6.10. The van der Waals surface area contributed by atoms with Gasteiger partial charge in [0.05, 0.1) is 0 Å². The molecular formula is C11H11ClFN3. The number of fused-ring (bicyclic) bond motifs is 1. The van der Waals surface area contributed by atoms with E-state index in [0.717, 1.165) is 18.7 Å². The van der Waals surface area contributed by atoms with E-state index in [1.54, 1.807) is 12.1 Å². The summed E-state index contributed by atoms with van der Waals surface area (Å²) < 4.78 is 14.8. The maximum Gasteiger partial charge on any atom is 0.157 e. The van der Waals surface area contributed by atoms with Crippen LogP contribution in [0.4, 0.5) is 4.39 Å². The van der Waals surface area contributed by atoms with Crippen molar-refractivity contribution in [2.45, 2.75) is 31.9 Å². The summed E-state index contributed by atoms with van der Waals surface area (Å²) in [5, 5.41) is 4.65. The molecule has 2 heterocycles. The van der Waals surface area contributed by atoms with E-state index in [4.69, 9.17) is 11.6 Å². The molecule has 0 radical (unpaired) electrons. The Labute approximate surface area is 97.2 Å². The van der Waals surface area contributed by atoms with E-state index in [-0.39, 0.29) is 0 Å². The second kappa shape index (κ2) is 3.42. The van der Waals surface area contributed by atoms with Crippen molar-refractivity contribution in [2.24, 2.45) is 0 Å². The van der Waals surface area contributed by atoms with Crippen LogP contribution >= 0.6 is 11.6 Å². The molecule has 0 aromatic carbocycles. The third kappa shape index (κ3) is 1.48. The van der Waals surface area contributed by atoms with Gasteiger partial charge in [-0.1, -0.05) is 11.6 Å². The van der Waals surface area contributed by atoms with Crippen LogP contribution in [0.15, 0.2) is 12.1 Å². The second-order valence-electron chi connectivity index (χ2n) is 4.21. The summed E-state index contributed by atoms with van der Waals surface area (Å²) in [7, 11) is 0. The summed E-state index contributed by atoms with van der Waals surface area (Å²) in [5.41, 5.74) is 1.15. The van der Waals surface area contributed by atoms with Gasteiger partial charge >= 0.3 is 0 Å². The smallest absolute Gasteiger partial charge is 0.157 e. The van der Waals surface area contributed by atoms with Gasteiger partial charge in [-0.3, -0.25) is 0 Å². The molecule has 0 N–H and O–H groups in total. The van der Waals surface area contributed by atoms with Crippen molar-refractivity contribution < 1.29 is 4.39 Å². The molecule has 16 heavy (non-hydrogen) atoms.